The molecule has 0 aliphatic carbocycles. The molecule has 0 bridgehead atoms. The van der Waals surface area contributed by atoms with Crippen molar-refractivity contribution < 1.29 is 64.4 Å². The largest absolute Gasteiger partial charge is 1.00 e. The van der Waals surface area contributed by atoms with Crippen LogP contribution in [0.4, 0.5) is 0 Å². The van der Waals surface area contributed by atoms with E-state index in [4.69, 9.17) is 12.2 Å². The van der Waals surface area contributed by atoms with Crippen LogP contribution in [0.2, 0.25) is 0 Å². The smallest absolute Gasteiger partial charge is 0.748 e. The summed E-state index contributed by atoms with van der Waals surface area (Å²) in [7, 11) is -4.11. The Kier molecular flexibility index (Phi) is 11.0. The molecule has 0 rings (SSSR count). The maximum absolute atomic E-state index is 10.1. The normalized spacial score (nSPS) is 10.2. The topological polar surface area (TPSA) is 69.2 Å². The molecule has 0 spiro atoms. The van der Waals surface area contributed by atoms with E-state index in [9.17, 15) is 13.0 Å². The van der Waals surface area contributed by atoms with Gasteiger partial charge in [0.05, 0.1) is 15.9 Å². The van der Waals surface area contributed by atoms with Gasteiger partial charge in [-0.15, -0.1) is 11.8 Å². The minimum absolute atomic E-state index is 0. The van der Waals surface area contributed by atoms with Crippen molar-refractivity contribution in [3.63, 3.8) is 0 Å². The van der Waals surface area contributed by atoms with Crippen LogP contribution < -0.4 is 56.7 Å². The molecule has 4 nitrogen and oxygen atoms in total. The van der Waals surface area contributed by atoms with Gasteiger partial charge in [-0.05, 0) is 6.26 Å². The third kappa shape index (κ3) is 11.8. The summed E-state index contributed by atoms with van der Waals surface area (Å²) >= 11 is 6.00. The molecular formula is C4H8KNO3S3. The third-order valence-electron chi connectivity index (χ3n) is 0.807. The van der Waals surface area contributed by atoms with Crippen molar-refractivity contribution in [3.8, 4) is 0 Å². The van der Waals surface area contributed by atoms with Crippen LogP contribution in [-0.4, -0.2) is 35.8 Å². The Morgan fingerprint density at radius 1 is 1.67 bits per heavy atom. The minimum Gasteiger partial charge on any atom is -0.748 e. The van der Waals surface area contributed by atoms with Gasteiger partial charge in [0.2, 0.25) is 0 Å². The van der Waals surface area contributed by atoms with Crippen molar-refractivity contribution in [1.29, 1.82) is 0 Å². The van der Waals surface area contributed by atoms with Crippen molar-refractivity contribution in [2.24, 2.45) is 0 Å². The number of hydrogen-bond acceptors (Lipinski definition) is 5. The second-order valence-corrected chi connectivity index (χ2v) is 4.69. The molecular weight excluding hydrogens is 245 g/mol. The minimum atomic E-state index is -4.11. The first-order chi connectivity index (χ1) is 4.95. The Morgan fingerprint density at radius 2 is 2.17 bits per heavy atom. The van der Waals surface area contributed by atoms with Crippen molar-refractivity contribution >= 4 is 38.4 Å². The molecule has 0 atom stereocenters. The number of hydrogen-bond donors (Lipinski definition) is 1. The first-order valence-electron chi connectivity index (χ1n) is 2.71. The van der Waals surface area contributed by atoms with E-state index < -0.39 is 15.9 Å². The fourth-order valence-electron chi connectivity index (χ4n) is 0.350. The zero-order valence-corrected chi connectivity index (χ0v) is 12.4. The average molecular weight is 253 g/mol. The second-order valence-electron chi connectivity index (χ2n) is 1.68. The Morgan fingerprint density at radius 3 is 2.50 bits per heavy atom. The van der Waals surface area contributed by atoms with Crippen LogP contribution in [0.1, 0.15) is 0 Å². The van der Waals surface area contributed by atoms with E-state index in [-0.39, 0.29) is 57.9 Å². The molecule has 0 saturated carbocycles. The van der Waals surface area contributed by atoms with Gasteiger partial charge in [-0.3, -0.25) is 0 Å². The van der Waals surface area contributed by atoms with Gasteiger partial charge in [-0.2, -0.15) is 0 Å². The second kappa shape index (κ2) is 8.12. The maximum Gasteiger partial charge on any atom is 1.00 e. The number of nitrogens with one attached hydrogen (secondary N) is 1. The SMILES string of the molecule is CSC(=S)NCCS(=O)(=O)[O-].[K+]. The van der Waals surface area contributed by atoms with Gasteiger partial charge in [0.15, 0.2) is 0 Å². The molecule has 0 saturated heterocycles. The zero-order chi connectivity index (χ0) is 8.91. The van der Waals surface area contributed by atoms with Gasteiger partial charge < -0.3 is 9.87 Å². The van der Waals surface area contributed by atoms with E-state index in [1.807, 2.05) is 0 Å². The molecule has 0 aromatic rings. The van der Waals surface area contributed by atoms with Gasteiger partial charge in [0, 0.05) is 6.54 Å². The summed E-state index contributed by atoms with van der Waals surface area (Å²) in [5.74, 6) is -0.423. The standard InChI is InChI=1S/C4H9NO3S3.K/c1-10-4(9)5-2-3-11(6,7)8;/h2-3H2,1H3,(H,5,9)(H,6,7,8);/q;+1/p-1. The molecule has 0 fully saturated rings. The summed E-state index contributed by atoms with van der Waals surface area (Å²) in [6.07, 6.45) is 1.76. The van der Waals surface area contributed by atoms with E-state index in [1.54, 1.807) is 6.26 Å². The summed E-state index contributed by atoms with van der Waals surface area (Å²) in [5, 5.41) is 2.60. The first kappa shape index (κ1) is 16.2. The van der Waals surface area contributed by atoms with Gasteiger partial charge >= 0.3 is 51.4 Å². The summed E-state index contributed by atoms with van der Waals surface area (Å²) < 4.78 is 30.7. The fourth-order valence-corrected chi connectivity index (χ4v) is 1.05. The van der Waals surface area contributed by atoms with Crippen molar-refractivity contribution in [1.82, 2.24) is 5.32 Å². The zero-order valence-electron chi connectivity index (χ0n) is 6.86. The quantitative estimate of drug-likeness (QED) is 0.324. The molecule has 1 N–H and O–H groups in total. The van der Waals surface area contributed by atoms with E-state index in [1.165, 1.54) is 11.8 Å². The van der Waals surface area contributed by atoms with Crippen molar-refractivity contribution in [2.45, 2.75) is 0 Å². The van der Waals surface area contributed by atoms with Gasteiger partial charge in [0.25, 0.3) is 0 Å². The van der Waals surface area contributed by atoms with Crippen LogP contribution in [0.5, 0.6) is 0 Å². The van der Waals surface area contributed by atoms with Crippen LogP contribution in [0.3, 0.4) is 0 Å². The van der Waals surface area contributed by atoms with Crippen LogP contribution in [-0.2, 0) is 10.1 Å². The van der Waals surface area contributed by atoms with Crippen molar-refractivity contribution in [2.75, 3.05) is 18.6 Å². The molecule has 0 aromatic heterocycles. The molecule has 0 aromatic carbocycles. The molecule has 0 unspecified atom stereocenters. The predicted molar refractivity (Wildman–Crippen MR) is 48.7 cm³/mol. The number of rotatable bonds is 3. The number of thioether (sulfide) groups is 1. The Labute approximate surface area is 124 Å². The first-order valence-corrected chi connectivity index (χ1v) is 5.92. The number of thiocarbonyl (C=S) groups is 1. The Balaban J connectivity index is 0. The summed E-state index contributed by atoms with van der Waals surface area (Å²) in [6.45, 7) is 0.0888. The van der Waals surface area contributed by atoms with Gasteiger partial charge in [-0.25, -0.2) is 8.42 Å². The van der Waals surface area contributed by atoms with Crippen LogP contribution in [0.25, 0.3) is 0 Å². The summed E-state index contributed by atoms with van der Waals surface area (Å²) in [6, 6.07) is 0. The molecule has 0 aliphatic heterocycles. The summed E-state index contributed by atoms with van der Waals surface area (Å²) in [5.41, 5.74) is 0. The molecule has 12 heavy (non-hydrogen) atoms. The van der Waals surface area contributed by atoms with Crippen molar-refractivity contribution in [3.05, 3.63) is 0 Å². The van der Waals surface area contributed by atoms with Crippen LogP contribution in [0, 0.1) is 0 Å². The molecule has 0 radical (unpaired) electrons. The molecule has 0 heterocycles. The van der Waals surface area contributed by atoms with E-state index in [0.717, 1.165) is 0 Å². The predicted octanol–water partition coefficient (Wildman–Crippen LogP) is -3.23. The van der Waals surface area contributed by atoms with Crippen LogP contribution >= 0.6 is 24.0 Å². The monoisotopic (exact) mass is 253 g/mol. The maximum atomic E-state index is 10.1. The molecule has 0 aliphatic rings. The average Bonchev–Trinajstić information content (AvgIpc) is 1.85. The van der Waals surface area contributed by atoms with Gasteiger partial charge in [-0.1, -0.05) is 12.2 Å². The van der Waals surface area contributed by atoms with Crippen LogP contribution in [0.15, 0.2) is 0 Å². The van der Waals surface area contributed by atoms with E-state index in [0.29, 0.717) is 4.32 Å². The fraction of sp³-hybridized carbons (Fsp3) is 0.750. The Hall–Kier alpha value is 1.79. The van der Waals surface area contributed by atoms with Gasteiger partial charge in [0.1, 0.15) is 4.32 Å². The molecule has 8 heteroatoms. The van der Waals surface area contributed by atoms with E-state index >= 15 is 0 Å². The molecule has 0 amide bonds. The third-order valence-corrected chi connectivity index (χ3v) is 2.67. The van der Waals surface area contributed by atoms with E-state index in [2.05, 4.69) is 5.32 Å². The summed E-state index contributed by atoms with van der Waals surface area (Å²) in [4.78, 5) is 0. The Bertz CT molecular complexity index is 228. The molecule has 66 valence electrons.